The molecule has 0 aliphatic rings. The molecule has 0 amide bonds. The van der Waals surface area contributed by atoms with Crippen LogP contribution in [0.3, 0.4) is 0 Å². The Morgan fingerprint density at radius 3 is 2.06 bits per heavy atom. The molecular weight excluding hydrogens is 466 g/mol. The summed E-state index contributed by atoms with van der Waals surface area (Å²) in [7, 11) is 0. The minimum Gasteiger partial charge on any atom is -0.399 e. The molecule has 0 bridgehead atoms. The first-order valence-corrected chi connectivity index (χ1v) is 10.7. The van der Waals surface area contributed by atoms with E-state index in [1.54, 1.807) is 18.2 Å². The van der Waals surface area contributed by atoms with Gasteiger partial charge in [0.15, 0.2) is 11.6 Å². The molecule has 1 nitrogen and oxygen atoms in total. The molecule has 178 valence electrons. The molecule has 7 heteroatoms. The summed E-state index contributed by atoms with van der Waals surface area (Å²) in [5.41, 5.74) is 2.87. The van der Waals surface area contributed by atoms with Crippen LogP contribution in [0.4, 0.5) is 26.3 Å². The van der Waals surface area contributed by atoms with Crippen molar-refractivity contribution < 1.29 is 31.1 Å². The van der Waals surface area contributed by atoms with E-state index in [4.69, 9.17) is 0 Å². The maximum absolute atomic E-state index is 15.1. The summed E-state index contributed by atoms with van der Waals surface area (Å²) in [6, 6.07) is 17.8. The fraction of sp³-hybridized carbons (Fsp3) is 0.143. The van der Waals surface area contributed by atoms with E-state index in [2.05, 4.69) is 35.6 Å². The molecule has 0 saturated carbocycles. The zero-order valence-corrected chi connectivity index (χ0v) is 18.4. The van der Waals surface area contributed by atoms with Crippen molar-refractivity contribution in [2.45, 2.75) is 26.1 Å². The summed E-state index contributed by atoms with van der Waals surface area (Å²) in [6.07, 6.45) is -3.19. The average molecular weight is 484 g/mol. The number of hydrogen-bond acceptors (Lipinski definition) is 1. The molecule has 35 heavy (non-hydrogen) atoms. The van der Waals surface area contributed by atoms with Crippen LogP contribution in [0.1, 0.15) is 30.0 Å². The molecule has 4 aromatic rings. The van der Waals surface area contributed by atoms with Crippen LogP contribution in [0, 0.1) is 29.3 Å². The predicted molar refractivity (Wildman–Crippen MR) is 122 cm³/mol. The van der Waals surface area contributed by atoms with Gasteiger partial charge in [-0.1, -0.05) is 67.6 Å². The molecule has 0 fully saturated rings. The molecule has 0 aliphatic carbocycles. The molecule has 4 aromatic carbocycles. The van der Waals surface area contributed by atoms with Gasteiger partial charge in [-0.15, -0.1) is 13.2 Å². The van der Waals surface area contributed by atoms with Crippen LogP contribution in [-0.2, 0) is 6.42 Å². The molecule has 0 unspecified atom stereocenters. The SMILES string of the molecule is CCCc1ccc(-c2ccc3c(F)c(C#Cc4cc(F)c(OC(F)(F)F)c(F)c4)ccc3c2)cc1. The van der Waals surface area contributed by atoms with Gasteiger partial charge in [-0.2, -0.15) is 0 Å². The van der Waals surface area contributed by atoms with Crippen molar-refractivity contribution in [3.05, 3.63) is 101 Å². The summed E-state index contributed by atoms with van der Waals surface area (Å²) in [5, 5.41) is 0.961. The van der Waals surface area contributed by atoms with Gasteiger partial charge in [0.05, 0.1) is 5.56 Å². The number of halogens is 6. The quantitative estimate of drug-likeness (QED) is 0.210. The lowest BCUT2D eigenvalue weighted by Crippen LogP contribution is -2.19. The number of aryl methyl sites for hydroxylation is 1. The Hall–Kier alpha value is -3.92. The molecular formula is C28H18F6O. The summed E-state index contributed by atoms with van der Waals surface area (Å²) >= 11 is 0. The summed E-state index contributed by atoms with van der Waals surface area (Å²) in [6.45, 7) is 2.12. The van der Waals surface area contributed by atoms with Crippen LogP contribution < -0.4 is 4.74 Å². The van der Waals surface area contributed by atoms with Crippen LogP contribution in [0.2, 0.25) is 0 Å². The van der Waals surface area contributed by atoms with Crippen molar-refractivity contribution >= 4 is 10.8 Å². The van der Waals surface area contributed by atoms with E-state index in [1.807, 2.05) is 18.2 Å². The third kappa shape index (κ3) is 5.60. The minimum absolute atomic E-state index is 0.0226. The van der Waals surface area contributed by atoms with E-state index in [0.29, 0.717) is 22.9 Å². The second kappa shape index (κ2) is 9.75. The van der Waals surface area contributed by atoms with Gasteiger partial charge in [0.2, 0.25) is 5.75 Å². The van der Waals surface area contributed by atoms with Crippen LogP contribution >= 0.6 is 0 Å². The van der Waals surface area contributed by atoms with E-state index in [0.717, 1.165) is 24.0 Å². The monoisotopic (exact) mass is 484 g/mol. The van der Waals surface area contributed by atoms with Gasteiger partial charge in [0.1, 0.15) is 5.82 Å². The highest BCUT2D eigenvalue weighted by molar-refractivity contribution is 5.89. The minimum atomic E-state index is -5.25. The van der Waals surface area contributed by atoms with Gasteiger partial charge in [-0.05, 0) is 52.8 Å². The van der Waals surface area contributed by atoms with E-state index in [9.17, 15) is 22.0 Å². The highest BCUT2D eigenvalue weighted by Gasteiger charge is 2.34. The molecule has 0 atom stereocenters. The molecule has 0 aromatic heterocycles. The van der Waals surface area contributed by atoms with Crippen molar-refractivity contribution in [3.63, 3.8) is 0 Å². The Morgan fingerprint density at radius 2 is 1.43 bits per heavy atom. The van der Waals surface area contributed by atoms with E-state index in [-0.39, 0.29) is 11.1 Å². The van der Waals surface area contributed by atoms with Gasteiger partial charge in [0, 0.05) is 10.9 Å². The molecule has 4 rings (SSSR count). The first-order valence-electron chi connectivity index (χ1n) is 10.7. The zero-order chi connectivity index (χ0) is 25.2. The standard InChI is InChI=1S/C28H18F6O/c1-2-3-17-4-7-19(8-5-17)21-12-13-23-22(16-21)11-10-20(26(23)31)9-6-18-14-24(29)27(25(30)15-18)35-28(32,33)34/h4-5,7-8,10-16H,2-3H2,1H3. The fourth-order valence-electron chi connectivity index (χ4n) is 3.71. The lowest BCUT2D eigenvalue weighted by molar-refractivity contribution is -0.276. The molecule has 0 radical (unpaired) electrons. The van der Waals surface area contributed by atoms with Crippen molar-refractivity contribution in [1.29, 1.82) is 0 Å². The normalized spacial score (nSPS) is 11.3. The van der Waals surface area contributed by atoms with Crippen LogP contribution in [0.25, 0.3) is 21.9 Å². The van der Waals surface area contributed by atoms with Gasteiger partial charge < -0.3 is 4.74 Å². The van der Waals surface area contributed by atoms with E-state index >= 15 is 4.39 Å². The van der Waals surface area contributed by atoms with Crippen molar-refractivity contribution in [2.75, 3.05) is 0 Å². The molecule has 0 spiro atoms. The third-order valence-electron chi connectivity index (χ3n) is 5.34. The smallest absolute Gasteiger partial charge is 0.399 e. The summed E-state index contributed by atoms with van der Waals surface area (Å²) in [4.78, 5) is 0. The number of benzene rings is 4. The van der Waals surface area contributed by atoms with E-state index < -0.39 is 29.6 Å². The molecule has 0 N–H and O–H groups in total. The van der Waals surface area contributed by atoms with Crippen LogP contribution in [0.5, 0.6) is 5.75 Å². The van der Waals surface area contributed by atoms with Crippen molar-refractivity contribution in [2.24, 2.45) is 0 Å². The van der Waals surface area contributed by atoms with Crippen LogP contribution in [-0.4, -0.2) is 6.36 Å². The average Bonchev–Trinajstić information content (AvgIpc) is 2.81. The van der Waals surface area contributed by atoms with Gasteiger partial charge in [-0.3, -0.25) is 0 Å². The van der Waals surface area contributed by atoms with Gasteiger partial charge in [0.25, 0.3) is 0 Å². The number of rotatable bonds is 4. The topological polar surface area (TPSA) is 9.23 Å². The Morgan fingerprint density at radius 1 is 0.771 bits per heavy atom. The largest absolute Gasteiger partial charge is 0.573 e. The Labute approximate surface area is 198 Å². The molecule has 0 saturated heterocycles. The third-order valence-corrected chi connectivity index (χ3v) is 5.34. The van der Waals surface area contributed by atoms with Crippen molar-refractivity contribution in [3.8, 4) is 28.7 Å². The Bertz CT molecular complexity index is 1420. The maximum atomic E-state index is 15.1. The second-order valence-electron chi connectivity index (χ2n) is 7.88. The number of fused-ring (bicyclic) bond motifs is 1. The molecule has 0 aliphatic heterocycles. The zero-order valence-electron chi connectivity index (χ0n) is 18.4. The Kier molecular flexibility index (Phi) is 6.74. The Balaban J connectivity index is 1.62. The number of hydrogen-bond donors (Lipinski definition) is 0. The highest BCUT2D eigenvalue weighted by atomic mass is 19.4. The fourth-order valence-corrected chi connectivity index (χ4v) is 3.71. The van der Waals surface area contributed by atoms with Crippen LogP contribution in [0.15, 0.2) is 66.7 Å². The van der Waals surface area contributed by atoms with E-state index in [1.165, 1.54) is 11.6 Å². The first-order chi connectivity index (χ1) is 16.6. The second-order valence-corrected chi connectivity index (χ2v) is 7.88. The van der Waals surface area contributed by atoms with Gasteiger partial charge >= 0.3 is 6.36 Å². The van der Waals surface area contributed by atoms with Crippen molar-refractivity contribution in [1.82, 2.24) is 0 Å². The summed E-state index contributed by atoms with van der Waals surface area (Å²) < 4.78 is 83.0. The lowest BCUT2D eigenvalue weighted by Gasteiger charge is -2.10. The lowest BCUT2D eigenvalue weighted by atomic mass is 9.98. The maximum Gasteiger partial charge on any atom is 0.573 e. The first kappa shape index (κ1) is 24.2. The van der Waals surface area contributed by atoms with Gasteiger partial charge in [-0.25, -0.2) is 13.2 Å². The number of alkyl halides is 3. The number of ether oxygens (including phenoxy) is 1. The molecule has 0 heterocycles. The predicted octanol–water partition coefficient (Wildman–Crippen LogP) is 8.18. The highest BCUT2D eigenvalue weighted by Crippen LogP contribution is 2.30. The summed E-state index contributed by atoms with van der Waals surface area (Å²) in [5.74, 6) is -0.453.